The SMILES string of the molecule is OC(CCl)c1ccc2c(c1)Cc1ccccc1-2. The molecule has 2 aromatic carbocycles. The standard InChI is InChI=1S/C15H13ClO/c16-9-15(17)11-5-6-14-12(8-11)7-10-3-1-2-4-13(10)14/h1-6,8,15,17H,7,9H2. The third-order valence-electron chi connectivity index (χ3n) is 3.35. The normalized spacial score (nSPS) is 14.2. The van der Waals surface area contributed by atoms with Crippen LogP contribution in [0.2, 0.25) is 0 Å². The van der Waals surface area contributed by atoms with Crippen molar-refractivity contribution >= 4 is 11.6 Å². The van der Waals surface area contributed by atoms with E-state index in [0.29, 0.717) is 0 Å². The summed E-state index contributed by atoms with van der Waals surface area (Å²) in [6.07, 6.45) is 0.389. The van der Waals surface area contributed by atoms with Gasteiger partial charge in [-0.25, -0.2) is 0 Å². The maximum Gasteiger partial charge on any atom is 0.0925 e. The summed E-state index contributed by atoms with van der Waals surface area (Å²) in [7, 11) is 0. The van der Waals surface area contributed by atoms with Crippen LogP contribution in [0.3, 0.4) is 0 Å². The molecule has 1 aliphatic rings. The van der Waals surface area contributed by atoms with Crippen molar-refractivity contribution in [1.29, 1.82) is 0 Å². The van der Waals surface area contributed by atoms with Gasteiger partial charge in [-0.3, -0.25) is 0 Å². The first-order chi connectivity index (χ1) is 8.29. The predicted octanol–water partition coefficient (Wildman–Crippen LogP) is 3.53. The highest BCUT2D eigenvalue weighted by molar-refractivity contribution is 6.18. The van der Waals surface area contributed by atoms with Crippen LogP contribution >= 0.6 is 11.6 Å². The Kier molecular flexibility index (Phi) is 2.65. The van der Waals surface area contributed by atoms with Crippen LogP contribution in [0.1, 0.15) is 22.8 Å². The molecule has 0 radical (unpaired) electrons. The van der Waals surface area contributed by atoms with E-state index in [1.165, 1.54) is 22.3 Å². The van der Waals surface area contributed by atoms with Gasteiger partial charge in [-0.2, -0.15) is 0 Å². The number of alkyl halides is 1. The lowest BCUT2D eigenvalue weighted by molar-refractivity contribution is 0.202. The molecule has 0 saturated heterocycles. The zero-order chi connectivity index (χ0) is 11.8. The van der Waals surface area contributed by atoms with Crippen LogP contribution < -0.4 is 0 Å². The summed E-state index contributed by atoms with van der Waals surface area (Å²) in [6, 6.07) is 14.6. The molecular weight excluding hydrogens is 232 g/mol. The van der Waals surface area contributed by atoms with E-state index in [1.807, 2.05) is 6.07 Å². The fourth-order valence-corrected chi connectivity index (χ4v) is 2.64. The Bertz CT molecular complexity index is 563. The van der Waals surface area contributed by atoms with Crippen molar-refractivity contribution in [3.05, 3.63) is 59.2 Å². The minimum absolute atomic E-state index is 0.242. The first-order valence-electron chi connectivity index (χ1n) is 5.74. The zero-order valence-corrected chi connectivity index (χ0v) is 10.1. The van der Waals surface area contributed by atoms with Gasteiger partial charge in [-0.05, 0) is 34.2 Å². The number of aliphatic hydroxyl groups excluding tert-OH is 1. The van der Waals surface area contributed by atoms with Gasteiger partial charge in [0, 0.05) is 0 Å². The van der Waals surface area contributed by atoms with Gasteiger partial charge in [0.1, 0.15) is 0 Å². The molecule has 0 spiro atoms. The average molecular weight is 245 g/mol. The van der Waals surface area contributed by atoms with Gasteiger partial charge in [0.15, 0.2) is 0 Å². The zero-order valence-electron chi connectivity index (χ0n) is 9.36. The molecule has 0 aliphatic heterocycles. The lowest BCUT2D eigenvalue weighted by atomic mass is 10.0. The van der Waals surface area contributed by atoms with Crippen molar-refractivity contribution in [2.45, 2.75) is 12.5 Å². The quantitative estimate of drug-likeness (QED) is 0.684. The molecule has 17 heavy (non-hydrogen) atoms. The predicted molar refractivity (Wildman–Crippen MR) is 70.4 cm³/mol. The maximum atomic E-state index is 9.75. The molecule has 0 heterocycles. The summed E-state index contributed by atoms with van der Waals surface area (Å²) < 4.78 is 0. The van der Waals surface area contributed by atoms with Crippen LogP contribution in [-0.2, 0) is 6.42 Å². The summed E-state index contributed by atoms with van der Waals surface area (Å²) in [6.45, 7) is 0. The number of rotatable bonds is 2. The first-order valence-corrected chi connectivity index (χ1v) is 6.28. The van der Waals surface area contributed by atoms with Crippen molar-refractivity contribution in [2.24, 2.45) is 0 Å². The Balaban J connectivity index is 2.07. The Labute approximate surface area is 106 Å². The Morgan fingerprint density at radius 3 is 2.65 bits per heavy atom. The van der Waals surface area contributed by atoms with Gasteiger partial charge < -0.3 is 5.11 Å². The maximum absolute atomic E-state index is 9.75. The van der Waals surface area contributed by atoms with Gasteiger partial charge in [0.25, 0.3) is 0 Å². The van der Waals surface area contributed by atoms with Gasteiger partial charge in [0.2, 0.25) is 0 Å². The van der Waals surface area contributed by atoms with E-state index in [0.717, 1.165) is 12.0 Å². The van der Waals surface area contributed by atoms with Gasteiger partial charge >= 0.3 is 0 Å². The molecule has 0 bridgehead atoms. The fourth-order valence-electron chi connectivity index (χ4n) is 2.46. The number of benzene rings is 2. The third kappa shape index (κ3) is 1.76. The lowest BCUT2D eigenvalue weighted by Gasteiger charge is -2.09. The number of halogens is 1. The second kappa shape index (κ2) is 4.17. The Morgan fingerprint density at radius 1 is 1.06 bits per heavy atom. The molecule has 1 nitrogen and oxygen atoms in total. The molecule has 2 aromatic rings. The van der Waals surface area contributed by atoms with E-state index < -0.39 is 6.10 Å². The summed E-state index contributed by atoms with van der Waals surface area (Å²) >= 11 is 5.68. The van der Waals surface area contributed by atoms with Gasteiger partial charge in [-0.15, -0.1) is 11.6 Å². The second-order valence-electron chi connectivity index (χ2n) is 4.42. The molecule has 0 amide bonds. The molecule has 3 rings (SSSR count). The van der Waals surface area contributed by atoms with E-state index >= 15 is 0 Å². The van der Waals surface area contributed by atoms with E-state index in [9.17, 15) is 5.11 Å². The molecule has 1 unspecified atom stereocenters. The highest BCUT2D eigenvalue weighted by Crippen LogP contribution is 2.37. The average Bonchev–Trinajstić information content (AvgIpc) is 2.75. The van der Waals surface area contributed by atoms with E-state index in [2.05, 4.69) is 36.4 Å². The number of hydrogen-bond donors (Lipinski definition) is 1. The summed E-state index contributed by atoms with van der Waals surface area (Å²) in [4.78, 5) is 0. The van der Waals surface area contributed by atoms with Crippen LogP contribution in [0.25, 0.3) is 11.1 Å². The minimum Gasteiger partial charge on any atom is -0.387 e. The molecule has 0 saturated carbocycles. The topological polar surface area (TPSA) is 20.2 Å². The molecule has 1 atom stereocenters. The molecule has 0 aromatic heterocycles. The molecule has 1 aliphatic carbocycles. The van der Waals surface area contributed by atoms with Crippen molar-refractivity contribution in [2.75, 3.05) is 5.88 Å². The molecule has 0 fully saturated rings. The summed E-state index contributed by atoms with van der Waals surface area (Å²) in [5.41, 5.74) is 6.15. The van der Waals surface area contributed by atoms with Gasteiger partial charge in [0.05, 0.1) is 12.0 Å². The minimum atomic E-state index is -0.564. The van der Waals surface area contributed by atoms with Crippen LogP contribution in [-0.4, -0.2) is 11.0 Å². The summed E-state index contributed by atoms with van der Waals surface area (Å²) in [5, 5.41) is 9.75. The van der Waals surface area contributed by atoms with Crippen molar-refractivity contribution in [1.82, 2.24) is 0 Å². The highest BCUT2D eigenvalue weighted by Gasteiger charge is 2.19. The molecule has 86 valence electrons. The smallest absolute Gasteiger partial charge is 0.0925 e. The van der Waals surface area contributed by atoms with Crippen molar-refractivity contribution in [3.8, 4) is 11.1 Å². The van der Waals surface area contributed by atoms with E-state index in [1.54, 1.807) is 0 Å². The fraction of sp³-hybridized carbons (Fsp3) is 0.200. The Morgan fingerprint density at radius 2 is 1.82 bits per heavy atom. The molecule has 2 heteroatoms. The molecule has 1 N–H and O–H groups in total. The van der Waals surface area contributed by atoms with Crippen molar-refractivity contribution < 1.29 is 5.11 Å². The van der Waals surface area contributed by atoms with Crippen molar-refractivity contribution in [3.63, 3.8) is 0 Å². The third-order valence-corrected chi connectivity index (χ3v) is 3.64. The Hall–Kier alpha value is -1.31. The largest absolute Gasteiger partial charge is 0.387 e. The van der Waals surface area contributed by atoms with E-state index in [-0.39, 0.29) is 5.88 Å². The number of fused-ring (bicyclic) bond motifs is 3. The second-order valence-corrected chi connectivity index (χ2v) is 4.73. The number of aliphatic hydroxyl groups is 1. The van der Waals surface area contributed by atoms with Crippen LogP contribution in [0.5, 0.6) is 0 Å². The van der Waals surface area contributed by atoms with Crippen LogP contribution in [0.15, 0.2) is 42.5 Å². The van der Waals surface area contributed by atoms with Crippen LogP contribution in [0, 0.1) is 0 Å². The number of hydrogen-bond acceptors (Lipinski definition) is 1. The van der Waals surface area contributed by atoms with Gasteiger partial charge in [-0.1, -0.05) is 42.5 Å². The van der Waals surface area contributed by atoms with Crippen LogP contribution in [0.4, 0.5) is 0 Å². The lowest BCUT2D eigenvalue weighted by Crippen LogP contribution is -1.99. The monoisotopic (exact) mass is 244 g/mol. The van der Waals surface area contributed by atoms with E-state index in [4.69, 9.17) is 11.6 Å². The summed E-state index contributed by atoms with van der Waals surface area (Å²) in [5.74, 6) is 0.242. The molecular formula is C15H13ClO. The highest BCUT2D eigenvalue weighted by atomic mass is 35.5. The first kappa shape index (κ1) is 10.8.